The van der Waals surface area contributed by atoms with E-state index in [1.54, 1.807) is 0 Å². The molecule has 1 rings (SSSR count). The van der Waals surface area contributed by atoms with Crippen molar-refractivity contribution in [2.45, 2.75) is 97.2 Å². The summed E-state index contributed by atoms with van der Waals surface area (Å²) in [6, 6.07) is 0. The summed E-state index contributed by atoms with van der Waals surface area (Å²) in [5, 5.41) is 0. The molecule has 0 radical (unpaired) electrons. The van der Waals surface area contributed by atoms with Gasteiger partial charge in [-0.3, -0.25) is 0 Å². The number of cyclic esters (lactones) is 1. The van der Waals surface area contributed by atoms with E-state index in [1.807, 2.05) is 13.8 Å². The molecule has 0 aliphatic carbocycles. The van der Waals surface area contributed by atoms with Crippen LogP contribution in [0.5, 0.6) is 0 Å². The zero-order chi connectivity index (χ0) is 15.7. The highest BCUT2D eigenvalue weighted by Crippen LogP contribution is 2.24. The average Bonchev–Trinajstić information content (AvgIpc) is 2.67. The van der Waals surface area contributed by atoms with Crippen LogP contribution in [-0.4, -0.2) is 23.7 Å². The molecule has 1 atom stereocenters. The van der Waals surface area contributed by atoms with Crippen molar-refractivity contribution in [3.63, 3.8) is 0 Å². The van der Waals surface area contributed by atoms with Crippen molar-refractivity contribution in [2.75, 3.05) is 0 Å². The Kier molecular flexibility index (Phi) is 7.76. The van der Waals surface area contributed by atoms with Gasteiger partial charge in [-0.15, -0.1) is 4.99 Å². The third kappa shape index (κ3) is 6.49. The van der Waals surface area contributed by atoms with Crippen LogP contribution >= 0.6 is 0 Å². The maximum Gasteiger partial charge on any atom is 0.437 e. The summed E-state index contributed by atoms with van der Waals surface area (Å²) in [7, 11) is 0. The molecule has 0 fully saturated rings. The van der Waals surface area contributed by atoms with Crippen LogP contribution in [0, 0.1) is 0 Å². The number of nitrogens with zero attached hydrogens (tertiary/aromatic N) is 1. The summed E-state index contributed by atoms with van der Waals surface area (Å²) >= 11 is 0. The zero-order valence-corrected chi connectivity index (χ0v) is 14.1. The van der Waals surface area contributed by atoms with Crippen LogP contribution in [0.25, 0.3) is 0 Å². The SMILES string of the molecule is CCCCCCC(CCCCC)OC1=NC(=O)OC1(C)C. The van der Waals surface area contributed by atoms with Crippen molar-refractivity contribution < 1.29 is 14.3 Å². The van der Waals surface area contributed by atoms with Crippen molar-refractivity contribution in [1.82, 2.24) is 0 Å². The van der Waals surface area contributed by atoms with Crippen molar-refractivity contribution in [2.24, 2.45) is 4.99 Å². The summed E-state index contributed by atoms with van der Waals surface area (Å²) in [6.07, 6.45) is 10.2. The molecular weight excluding hydrogens is 266 g/mol. The summed E-state index contributed by atoms with van der Waals surface area (Å²) in [6.45, 7) is 8.08. The second-order valence-corrected chi connectivity index (χ2v) is 6.38. The summed E-state index contributed by atoms with van der Waals surface area (Å²) in [4.78, 5) is 15.2. The fourth-order valence-corrected chi connectivity index (χ4v) is 2.51. The molecule has 0 bridgehead atoms. The van der Waals surface area contributed by atoms with E-state index in [9.17, 15) is 4.79 Å². The first-order chi connectivity index (χ1) is 9.99. The number of hydrogen-bond acceptors (Lipinski definition) is 3. The molecule has 1 aliphatic rings. The lowest BCUT2D eigenvalue weighted by molar-refractivity contribution is 0.0746. The first kappa shape index (κ1) is 18.0. The second kappa shape index (κ2) is 9.06. The molecule has 0 aromatic rings. The smallest absolute Gasteiger partial charge is 0.437 e. The van der Waals surface area contributed by atoms with Gasteiger partial charge in [-0.25, -0.2) is 4.79 Å². The number of rotatable bonds is 10. The van der Waals surface area contributed by atoms with E-state index in [0.29, 0.717) is 5.90 Å². The van der Waals surface area contributed by atoms with Crippen molar-refractivity contribution in [3.8, 4) is 0 Å². The minimum atomic E-state index is -0.719. The maximum atomic E-state index is 11.3. The molecule has 0 aromatic heterocycles. The molecule has 1 amide bonds. The van der Waals surface area contributed by atoms with Gasteiger partial charge in [0.15, 0.2) is 5.60 Å². The Morgan fingerprint density at radius 2 is 1.62 bits per heavy atom. The van der Waals surface area contributed by atoms with Gasteiger partial charge in [0.25, 0.3) is 0 Å². The zero-order valence-electron chi connectivity index (χ0n) is 14.1. The van der Waals surface area contributed by atoms with Crippen molar-refractivity contribution in [3.05, 3.63) is 0 Å². The van der Waals surface area contributed by atoms with Crippen molar-refractivity contribution >= 4 is 12.0 Å². The fraction of sp³-hybridized carbons (Fsp3) is 0.882. The lowest BCUT2D eigenvalue weighted by Gasteiger charge is -2.24. The van der Waals surface area contributed by atoms with Gasteiger partial charge in [-0.1, -0.05) is 46.0 Å². The van der Waals surface area contributed by atoms with Crippen LogP contribution in [0.1, 0.15) is 85.5 Å². The largest absolute Gasteiger partial charge is 0.474 e. The molecule has 4 nitrogen and oxygen atoms in total. The van der Waals surface area contributed by atoms with Gasteiger partial charge in [0.05, 0.1) is 0 Å². The Balaban J connectivity index is 2.50. The minimum absolute atomic E-state index is 0.154. The van der Waals surface area contributed by atoms with E-state index in [1.165, 1.54) is 38.5 Å². The molecule has 0 saturated heterocycles. The Morgan fingerprint density at radius 3 is 2.14 bits per heavy atom. The van der Waals surface area contributed by atoms with Crippen LogP contribution in [0.3, 0.4) is 0 Å². The molecular formula is C17H31NO3. The first-order valence-electron chi connectivity index (χ1n) is 8.48. The van der Waals surface area contributed by atoms with E-state index >= 15 is 0 Å². The number of carbonyl (C=O) groups excluding carboxylic acids is 1. The van der Waals surface area contributed by atoms with Crippen LogP contribution in [-0.2, 0) is 9.47 Å². The molecule has 21 heavy (non-hydrogen) atoms. The Hall–Kier alpha value is -1.06. The standard InChI is InChI=1S/C17H31NO3/c1-5-7-9-11-13-14(12-10-8-6-2)20-15-17(3,4)21-16(19)18-15/h14H,5-13H2,1-4H3. The number of aliphatic imine (C=N–C) groups is 1. The molecule has 122 valence electrons. The highest BCUT2D eigenvalue weighted by Gasteiger charge is 2.39. The summed E-state index contributed by atoms with van der Waals surface area (Å²) in [5.74, 6) is 0.449. The van der Waals surface area contributed by atoms with Gasteiger partial charge in [0, 0.05) is 0 Å². The van der Waals surface area contributed by atoms with Gasteiger partial charge in [-0.2, -0.15) is 0 Å². The minimum Gasteiger partial charge on any atom is -0.474 e. The van der Waals surface area contributed by atoms with Crippen LogP contribution in [0.4, 0.5) is 4.79 Å². The van der Waals surface area contributed by atoms with Gasteiger partial charge in [0.2, 0.25) is 5.90 Å². The molecule has 1 unspecified atom stereocenters. The molecule has 4 heteroatoms. The molecule has 1 heterocycles. The Labute approximate surface area is 129 Å². The normalized spacial score (nSPS) is 18.3. The molecule has 0 N–H and O–H groups in total. The third-order valence-corrected chi connectivity index (χ3v) is 3.84. The van der Waals surface area contributed by atoms with Crippen LogP contribution in [0.2, 0.25) is 0 Å². The first-order valence-corrected chi connectivity index (χ1v) is 8.48. The van der Waals surface area contributed by atoms with Gasteiger partial charge in [-0.05, 0) is 39.5 Å². The predicted molar refractivity (Wildman–Crippen MR) is 85.8 cm³/mol. The maximum absolute atomic E-state index is 11.3. The fourth-order valence-electron chi connectivity index (χ4n) is 2.51. The lowest BCUT2D eigenvalue weighted by atomic mass is 10.0. The number of hydrogen-bond donors (Lipinski definition) is 0. The van der Waals surface area contributed by atoms with Crippen LogP contribution in [0.15, 0.2) is 4.99 Å². The number of amides is 1. The van der Waals surface area contributed by atoms with Crippen LogP contribution < -0.4 is 0 Å². The molecule has 0 aromatic carbocycles. The van der Waals surface area contributed by atoms with Gasteiger partial charge in [0.1, 0.15) is 6.10 Å². The van der Waals surface area contributed by atoms with Gasteiger partial charge >= 0.3 is 6.09 Å². The predicted octanol–water partition coefficient (Wildman–Crippen LogP) is 5.25. The number of unbranched alkanes of at least 4 members (excludes halogenated alkanes) is 5. The summed E-state index contributed by atoms with van der Waals surface area (Å²) in [5.41, 5.74) is -0.719. The quantitative estimate of drug-likeness (QED) is 0.517. The average molecular weight is 297 g/mol. The van der Waals surface area contributed by atoms with Gasteiger partial charge < -0.3 is 9.47 Å². The van der Waals surface area contributed by atoms with E-state index in [4.69, 9.17) is 9.47 Å². The highest BCUT2D eigenvalue weighted by molar-refractivity contribution is 5.98. The number of carbonyl (C=O) groups is 1. The monoisotopic (exact) mass is 297 g/mol. The molecule has 1 aliphatic heterocycles. The second-order valence-electron chi connectivity index (χ2n) is 6.38. The topological polar surface area (TPSA) is 47.9 Å². The van der Waals surface area contributed by atoms with E-state index in [2.05, 4.69) is 18.8 Å². The van der Waals surface area contributed by atoms with E-state index in [-0.39, 0.29) is 6.10 Å². The highest BCUT2D eigenvalue weighted by atomic mass is 16.6. The Bertz CT molecular complexity index is 350. The number of ether oxygens (including phenoxy) is 2. The third-order valence-electron chi connectivity index (χ3n) is 3.84. The van der Waals surface area contributed by atoms with Crippen molar-refractivity contribution in [1.29, 1.82) is 0 Å². The van der Waals surface area contributed by atoms with E-state index in [0.717, 1.165) is 19.3 Å². The Morgan fingerprint density at radius 1 is 1.05 bits per heavy atom. The molecule has 0 saturated carbocycles. The molecule has 0 spiro atoms. The lowest BCUT2D eigenvalue weighted by Crippen LogP contribution is -2.35. The van der Waals surface area contributed by atoms with E-state index < -0.39 is 11.7 Å². The summed E-state index contributed by atoms with van der Waals surface area (Å²) < 4.78 is 11.2.